The van der Waals surface area contributed by atoms with E-state index in [1.165, 1.54) is 5.52 Å². The highest BCUT2D eigenvalue weighted by Gasteiger charge is 2.31. The molecule has 0 aliphatic carbocycles. The average molecular weight is 371 g/mol. The maximum atomic E-state index is 12.1. The Bertz CT molecular complexity index is 780. The highest BCUT2D eigenvalue weighted by molar-refractivity contribution is 5.86. The van der Waals surface area contributed by atoms with Gasteiger partial charge >= 0.3 is 0 Å². The minimum atomic E-state index is 0.0537. The zero-order chi connectivity index (χ0) is 18.6. The van der Waals surface area contributed by atoms with Crippen molar-refractivity contribution in [3.63, 3.8) is 0 Å². The molecule has 2 saturated heterocycles. The third kappa shape index (κ3) is 3.96. The second kappa shape index (κ2) is 8.31. The van der Waals surface area contributed by atoms with Gasteiger partial charge in [0.15, 0.2) is 0 Å². The summed E-state index contributed by atoms with van der Waals surface area (Å²) in [6.07, 6.45) is 6.29. The van der Waals surface area contributed by atoms with E-state index in [2.05, 4.69) is 45.2 Å². The highest BCUT2D eigenvalue weighted by Crippen LogP contribution is 2.29. The molecule has 0 bridgehead atoms. The summed E-state index contributed by atoms with van der Waals surface area (Å²) in [6, 6.07) is 8.43. The molecular weight excluding hydrogens is 342 g/mol. The molecule has 6 nitrogen and oxygen atoms in total. The second-order valence-electron chi connectivity index (χ2n) is 7.49. The van der Waals surface area contributed by atoms with Crippen molar-refractivity contribution in [2.75, 3.05) is 33.4 Å². The Morgan fingerprint density at radius 2 is 2.04 bits per heavy atom. The van der Waals surface area contributed by atoms with Gasteiger partial charge in [-0.2, -0.15) is 0 Å². The minimum absolute atomic E-state index is 0.0537. The molecule has 2 aliphatic rings. The van der Waals surface area contributed by atoms with E-state index in [1.807, 2.05) is 0 Å². The van der Waals surface area contributed by atoms with Crippen molar-refractivity contribution in [3.05, 3.63) is 30.5 Å². The molecule has 146 valence electrons. The van der Waals surface area contributed by atoms with E-state index < -0.39 is 0 Å². The number of fused-ring (bicyclic) bond motifs is 1. The van der Waals surface area contributed by atoms with Gasteiger partial charge in [-0.1, -0.05) is 6.07 Å². The van der Waals surface area contributed by atoms with Gasteiger partial charge in [0.2, 0.25) is 5.91 Å². The summed E-state index contributed by atoms with van der Waals surface area (Å²) in [6.45, 7) is 4.21. The lowest BCUT2D eigenvalue weighted by Gasteiger charge is -2.38. The molecular formula is C21H29N3O3. The molecule has 2 fully saturated rings. The fourth-order valence-corrected chi connectivity index (χ4v) is 4.27. The monoisotopic (exact) mass is 371 g/mol. The number of carbonyl (C=O) groups excluding carboxylic acids is 1. The normalized spacial score (nSPS) is 22.1. The van der Waals surface area contributed by atoms with E-state index >= 15 is 0 Å². The summed E-state index contributed by atoms with van der Waals surface area (Å²) >= 11 is 0. The molecule has 0 spiro atoms. The first kappa shape index (κ1) is 18.3. The number of hydrogen-bond acceptors (Lipinski definition) is 4. The first-order chi connectivity index (χ1) is 13.3. The molecule has 1 amide bonds. The first-order valence-corrected chi connectivity index (χ1v) is 10.0. The fourth-order valence-electron chi connectivity index (χ4n) is 4.27. The number of nitrogens with zero attached hydrogens (tertiary/aromatic N) is 2. The number of likely N-dealkylation sites (tertiary alicyclic amines) is 1. The predicted molar refractivity (Wildman–Crippen MR) is 105 cm³/mol. The Balaban J connectivity index is 1.39. The van der Waals surface area contributed by atoms with Gasteiger partial charge in [0.1, 0.15) is 11.9 Å². The van der Waals surface area contributed by atoms with Gasteiger partial charge in [0.25, 0.3) is 0 Å². The molecule has 1 N–H and O–H groups in total. The summed E-state index contributed by atoms with van der Waals surface area (Å²) in [5.41, 5.74) is 1.18. The van der Waals surface area contributed by atoms with Crippen molar-refractivity contribution in [2.45, 2.75) is 44.4 Å². The molecule has 2 aliphatic heterocycles. The van der Waals surface area contributed by atoms with Gasteiger partial charge in [0.05, 0.1) is 18.2 Å². The topological polar surface area (TPSA) is 55.7 Å². The van der Waals surface area contributed by atoms with Gasteiger partial charge in [-0.05, 0) is 43.9 Å². The number of amides is 1. The molecule has 0 radical (unpaired) electrons. The molecule has 1 unspecified atom stereocenters. The van der Waals surface area contributed by atoms with Crippen molar-refractivity contribution in [1.29, 1.82) is 0 Å². The van der Waals surface area contributed by atoms with Crippen LogP contribution in [-0.2, 0) is 16.1 Å². The maximum Gasteiger partial charge on any atom is 0.237 e. The third-order valence-electron chi connectivity index (χ3n) is 5.78. The summed E-state index contributed by atoms with van der Waals surface area (Å²) in [7, 11) is 1.73. The first-order valence-electron chi connectivity index (χ1n) is 10.0. The van der Waals surface area contributed by atoms with Crippen LogP contribution >= 0.6 is 0 Å². The van der Waals surface area contributed by atoms with Crippen LogP contribution in [0.3, 0.4) is 0 Å². The van der Waals surface area contributed by atoms with Crippen molar-refractivity contribution >= 4 is 16.8 Å². The van der Waals surface area contributed by atoms with E-state index in [0.717, 1.165) is 63.0 Å². The molecule has 0 saturated carbocycles. The molecule has 2 aromatic rings. The van der Waals surface area contributed by atoms with E-state index in [0.29, 0.717) is 6.61 Å². The van der Waals surface area contributed by atoms with Crippen molar-refractivity contribution in [1.82, 2.24) is 14.8 Å². The summed E-state index contributed by atoms with van der Waals surface area (Å²) < 4.78 is 13.8. The van der Waals surface area contributed by atoms with Gasteiger partial charge in [-0.15, -0.1) is 0 Å². The number of methoxy groups -OCH3 is 1. The van der Waals surface area contributed by atoms with E-state index in [1.54, 1.807) is 7.11 Å². The van der Waals surface area contributed by atoms with Crippen LogP contribution < -0.4 is 10.1 Å². The van der Waals surface area contributed by atoms with E-state index in [9.17, 15) is 4.79 Å². The Kier molecular flexibility index (Phi) is 5.64. The third-order valence-corrected chi connectivity index (χ3v) is 5.78. The molecule has 4 rings (SSSR count). The van der Waals surface area contributed by atoms with Crippen LogP contribution in [0, 0.1) is 0 Å². The van der Waals surface area contributed by atoms with Crippen molar-refractivity contribution in [2.24, 2.45) is 0 Å². The number of nitrogens with one attached hydrogen (secondary N) is 1. The Morgan fingerprint density at radius 1 is 1.19 bits per heavy atom. The van der Waals surface area contributed by atoms with Crippen LogP contribution in [0.1, 0.15) is 25.7 Å². The molecule has 27 heavy (non-hydrogen) atoms. The SMILES string of the molecule is COCCn1ccc2c(OC3CCN(C4CCCNC4=O)CC3)cccc21. The summed E-state index contributed by atoms with van der Waals surface area (Å²) in [4.78, 5) is 14.4. The van der Waals surface area contributed by atoms with Crippen LogP contribution in [0.15, 0.2) is 30.5 Å². The van der Waals surface area contributed by atoms with Crippen LogP contribution in [0.25, 0.3) is 10.9 Å². The highest BCUT2D eigenvalue weighted by atomic mass is 16.5. The molecule has 1 aromatic heterocycles. The summed E-state index contributed by atoms with van der Waals surface area (Å²) in [5.74, 6) is 1.15. The second-order valence-corrected chi connectivity index (χ2v) is 7.49. The number of carbonyl (C=O) groups is 1. The number of benzene rings is 1. The predicted octanol–water partition coefficient (Wildman–Crippen LogP) is 2.41. The lowest BCUT2D eigenvalue weighted by molar-refractivity contribution is -0.129. The van der Waals surface area contributed by atoms with E-state index in [-0.39, 0.29) is 18.1 Å². The molecule has 3 heterocycles. The maximum absolute atomic E-state index is 12.1. The van der Waals surface area contributed by atoms with Crippen LogP contribution in [0.5, 0.6) is 5.75 Å². The van der Waals surface area contributed by atoms with Crippen LogP contribution in [0.2, 0.25) is 0 Å². The zero-order valence-corrected chi connectivity index (χ0v) is 16.0. The van der Waals surface area contributed by atoms with Crippen LogP contribution in [-0.4, -0.2) is 60.9 Å². The smallest absolute Gasteiger partial charge is 0.237 e. The number of hydrogen-bond donors (Lipinski definition) is 1. The van der Waals surface area contributed by atoms with Gasteiger partial charge in [-0.25, -0.2) is 0 Å². The van der Waals surface area contributed by atoms with E-state index in [4.69, 9.17) is 9.47 Å². The largest absolute Gasteiger partial charge is 0.490 e. The van der Waals surface area contributed by atoms with Gasteiger partial charge < -0.3 is 19.4 Å². The number of ether oxygens (including phenoxy) is 2. The number of aromatic nitrogens is 1. The lowest BCUT2D eigenvalue weighted by Crippen LogP contribution is -2.53. The lowest BCUT2D eigenvalue weighted by atomic mass is 10.00. The van der Waals surface area contributed by atoms with Gasteiger partial charge in [-0.3, -0.25) is 9.69 Å². The summed E-state index contributed by atoms with van der Waals surface area (Å²) in [5, 5.41) is 4.15. The van der Waals surface area contributed by atoms with Crippen LogP contribution in [0.4, 0.5) is 0 Å². The fraction of sp³-hybridized carbons (Fsp3) is 0.571. The minimum Gasteiger partial charge on any atom is -0.490 e. The van der Waals surface area contributed by atoms with Crippen molar-refractivity contribution in [3.8, 4) is 5.75 Å². The zero-order valence-electron chi connectivity index (χ0n) is 16.0. The van der Waals surface area contributed by atoms with Gasteiger partial charge in [0, 0.05) is 44.9 Å². The quantitative estimate of drug-likeness (QED) is 0.847. The Morgan fingerprint density at radius 3 is 2.81 bits per heavy atom. The number of piperidine rings is 2. The van der Waals surface area contributed by atoms with Crippen molar-refractivity contribution < 1.29 is 14.3 Å². The Labute approximate surface area is 160 Å². The number of rotatable bonds is 6. The Hall–Kier alpha value is -2.05. The molecule has 6 heteroatoms. The molecule has 1 aromatic carbocycles. The molecule has 1 atom stereocenters. The average Bonchev–Trinajstić information content (AvgIpc) is 3.12. The standard InChI is InChI=1S/C21H29N3O3/c1-26-15-14-24-13-9-17-18(24)4-2-6-20(17)27-16-7-11-23(12-8-16)19-5-3-10-22-21(19)25/h2,4,6,9,13,16,19H,3,5,7-8,10-12,14-15H2,1H3,(H,22,25).